The Hall–Kier alpha value is -3.36. The molecule has 7 nitrogen and oxygen atoms in total. The monoisotopic (exact) mass is 541 g/mol. The highest BCUT2D eigenvalue weighted by Gasteiger charge is 2.33. The fourth-order valence-electron chi connectivity index (χ4n) is 4.15. The number of nitrogens with one attached hydrogen (secondary N) is 1. The van der Waals surface area contributed by atoms with Gasteiger partial charge in [-0.05, 0) is 55.2 Å². The fourth-order valence-corrected chi connectivity index (χ4v) is 5.80. The van der Waals surface area contributed by atoms with Crippen LogP contribution >= 0.6 is 11.6 Å². The molecule has 0 spiro atoms. The lowest BCUT2D eigenvalue weighted by Gasteiger charge is -2.33. The van der Waals surface area contributed by atoms with Crippen LogP contribution in [0.1, 0.15) is 24.5 Å². The molecule has 1 atom stereocenters. The van der Waals surface area contributed by atoms with Gasteiger partial charge < -0.3 is 10.2 Å². The molecule has 0 aliphatic rings. The second kappa shape index (κ2) is 12.7. The summed E-state index contributed by atoms with van der Waals surface area (Å²) in [4.78, 5) is 28.1. The number of aryl methyl sites for hydroxylation is 1. The Morgan fingerprint density at radius 2 is 1.59 bits per heavy atom. The number of nitrogens with zero attached hydrogens (tertiary/aromatic N) is 2. The predicted octanol–water partition coefficient (Wildman–Crippen LogP) is 4.44. The molecule has 0 bridgehead atoms. The molecule has 0 saturated heterocycles. The maximum absolute atomic E-state index is 13.8. The summed E-state index contributed by atoms with van der Waals surface area (Å²) in [6.07, 6.45) is 0.892. The molecule has 1 N–H and O–H groups in total. The molecule has 0 fully saturated rings. The molecule has 9 heteroatoms. The van der Waals surface area contributed by atoms with Gasteiger partial charge >= 0.3 is 0 Å². The van der Waals surface area contributed by atoms with Crippen LogP contribution < -0.4 is 9.62 Å². The van der Waals surface area contributed by atoms with Crippen molar-refractivity contribution in [2.45, 2.75) is 37.6 Å². The van der Waals surface area contributed by atoms with E-state index < -0.39 is 28.5 Å². The molecule has 0 radical (unpaired) electrons. The number of anilines is 1. The van der Waals surface area contributed by atoms with Gasteiger partial charge in [-0.1, -0.05) is 73.1 Å². The van der Waals surface area contributed by atoms with Gasteiger partial charge in [-0.3, -0.25) is 13.9 Å². The smallest absolute Gasteiger partial charge is 0.264 e. The molecule has 37 heavy (non-hydrogen) atoms. The third kappa shape index (κ3) is 6.90. The van der Waals surface area contributed by atoms with Crippen molar-refractivity contribution in [2.24, 2.45) is 0 Å². The van der Waals surface area contributed by atoms with Crippen LogP contribution in [0.5, 0.6) is 0 Å². The predicted molar refractivity (Wildman–Crippen MR) is 147 cm³/mol. The van der Waals surface area contributed by atoms with Crippen LogP contribution in [0.4, 0.5) is 5.69 Å². The molecule has 3 rings (SSSR count). The quantitative estimate of drug-likeness (QED) is 0.389. The number of benzene rings is 3. The number of rotatable bonds is 11. The Labute approximate surface area is 224 Å². The maximum atomic E-state index is 13.8. The average molecular weight is 542 g/mol. The highest BCUT2D eigenvalue weighted by molar-refractivity contribution is 7.92. The van der Waals surface area contributed by atoms with E-state index >= 15 is 0 Å². The van der Waals surface area contributed by atoms with Gasteiger partial charge in [-0.25, -0.2) is 8.42 Å². The topological polar surface area (TPSA) is 86.8 Å². The van der Waals surface area contributed by atoms with Crippen molar-refractivity contribution in [1.82, 2.24) is 10.2 Å². The van der Waals surface area contributed by atoms with Crippen molar-refractivity contribution in [3.63, 3.8) is 0 Å². The first-order chi connectivity index (χ1) is 17.7. The van der Waals surface area contributed by atoms with Crippen LogP contribution in [0, 0.1) is 6.92 Å². The van der Waals surface area contributed by atoms with Gasteiger partial charge in [-0.15, -0.1) is 0 Å². The Balaban J connectivity index is 2.03. The highest BCUT2D eigenvalue weighted by atomic mass is 35.5. The molecular weight excluding hydrogens is 510 g/mol. The zero-order chi connectivity index (χ0) is 27.0. The summed E-state index contributed by atoms with van der Waals surface area (Å²) < 4.78 is 28.7. The molecule has 0 aliphatic carbocycles. The third-order valence-electron chi connectivity index (χ3n) is 6.17. The summed E-state index contributed by atoms with van der Waals surface area (Å²) in [5.41, 5.74) is 1.96. The van der Waals surface area contributed by atoms with Crippen LogP contribution in [0.3, 0.4) is 0 Å². The molecule has 2 amide bonds. The van der Waals surface area contributed by atoms with Gasteiger partial charge in [0.15, 0.2) is 0 Å². The maximum Gasteiger partial charge on any atom is 0.264 e. The number of carbonyl (C=O) groups is 2. The van der Waals surface area contributed by atoms with Crippen LogP contribution in [0.2, 0.25) is 5.02 Å². The number of likely N-dealkylation sites (N-methyl/N-ethyl adjacent to an activating group) is 1. The molecule has 3 aromatic rings. The third-order valence-corrected chi connectivity index (χ3v) is 8.18. The van der Waals surface area contributed by atoms with Gasteiger partial charge in [0.1, 0.15) is 12.6 Å². The van der Waals surface area contributed by atoms with E-state index in [0.717, 1.165) is 9.87 Å². The van der Waals surface area contributed by atoms with E-state index in [1.807, 2.05) is 37.3 Å². The van der Waals surface area contributed by atoms with Gasteiger partial charge in [0, 0.05) is 18.6 Å². The zero-order valence-corrected chi connectivity index (χ0v) is 22.8. The normalized spacial score (nSPS) is 12.0. The largest absolute Gasteiger partial charge is 0.357 e. The number of amides is 2. The number of sulfonamides is 1. The summed E-state index contributed by atoms with van der Waals surface area (Å²) in [6.45, 7) is 3.35. The Morgan fingerprint density at radius 1 is 0.973 bits per heavy atom. The van der Waals surface area contributed by atoms with E-state index in [-0.39, 0.29) is 17.3 Å². The van der Waals surface area contributed by atoms with Gasteiger partial charge in [0.25, 0.3) is 10.0 Å². The minimum Gasteiger partial charge on any atom is -0.357 e. The standard InChI is InChI=1S/C28H32ClN3O4S/c1-4-25(28(34)30-3)31(18-17-22-11-7-5-8-12-22)27(33)20-32(26-19-23(29)16-15-21(26)2)37(35,36)24-13-9-6-10-14-24/h5-16,19,25H,4,17-18,20H2,1-3H3,(H,30,34)/t25-/m1/s1. The van der Waals surface area contributed by atoms with Gasteiger partial charge in [0.05, 0.1) is 10.6 Å². The summed E-state index contributed by atoms with van der Waals surface area (Å²) in [5, 5.41) is 2.97. The van der Waals surface area contributed by atoms with E-state index in [1.165, 1.54) is 30.1 Å². The van der Waals surface area contributed by atoms with Crippen LogP contribution in [0.15, 0.2) is 83.8 Å². The molecule has 0 saturated carbocycles. The van der Waals surface area contributed by atoms with Crippen molar-refractivity contribution >= 4 is 39.1 Å². The Morgan fingerprint density at radius 3 is 2.19 bits per heavy atom. The molecule has 0 aliphatic heterocycles. The molecule has 0 aromatic heterocycles. The lowest BCUT2D eigenvalue weighted by molar-refractivity contribution is -0.139. The molecule has 0 heterocycles. The van der Waals surface area contributed by atoms with E-state index in [0.29, 0.717) is 29.1 Å². The van der Waals surface area contributed by atoms with Gasteiger partial charge in [-0.2, -0.15) is 0 Å². The highest BCUT2D eigenvalue weighted by Crippen LogP contribution is 2.30. The van der Waals surface area contributed by atoms with Crippen molar-refractivity contribution in [1.29, 1.82) is 0 Å². The van der Waals surface area contributed by atoms with Crippen LogP contribution in [-0.4, -0.2) is 51.3 Å². The Kier molecular flexibility index (Phi) is 9.72. The minimum absolute atomic E-state index is 0.0522. The molecule has 0 unspecified atom stereocenters. The second-order valence-corrected chi connectivity index (χ2v) is 10.9. The van der Waals surface area contributed by atoms with E-state index in [9.17, 15) is 18.0 Å². The van der Waals surface area contributed by atoms with Crippen molar-refractivity contribution < 1.29 is 18.0 Å². The van der Waals surface area contributed by atoms with E-state index in [2.05, 4.69) is 5.32 Å². The lowest BCUT2D eigenvalue weighted by atomic mass is 10.1. The number of carbonyl (C=O) groups excluding carboxylic acids is 2. The van der Waals surface area contributed by atoms with E-state index in [1.54, 1.807) is 37.3 Å². The molecular formula is C28H32ClN3O4S. The minimum atomic E-state index is -4.12. The second-order valence-electron chi connectivity index (χ2n) is 8.62. The summed E-state index contributed by atoms with van der Waals surface area (Å²) in [5.74, 6) is -0.787. The number of hydrogen-bond donors (Lipinski definition) is 1. The van der Waals surface area contributed by atoms with Crippen LogP contribution in [-0.2, 0) is 26.0 Å². The first-order valence-corrected chi connectivity index (χ1v) is 13.9. The van der Waals surface area contributed by atoms with E-state index in [4.69, 9.17) is 11.6 Å². The number of hydrogen-bond acceptors (Lipinski definition) is 4. The summed E-state index contributed by atoms with van der Waals surface area (Å²) in [6, 6.07) is 21.7. The average Bonchev–Trinajstić information content (AvgIpc) is 2.91. The summed E-state index contributed by atoms with van der Waals surface area (Å²) in [7, 11) is -2.60. The first kappa shape index (κ1) is 28.2. The Bertz CT molecular complexity index is 1320. The fraction of sp³-hybridized carbons (Fsp3) is 0.286. The zero-order valence-electron chi connectivity index (χ0n) is 21.2. The molecule has 3 aromatic carbocycles. The van der Waals surface area contributed by atoms with Crippen LogP contribution in [0.25, 0.3) is 0 Å². The van der Waals surface area contributed by atoms with Crippen molar-refractivity contribution in [2.75, 3.05) is 24.4 Å². The number of halogens is 1. The van der Waals surface area contributed by atoms with Gasteiger partial charge in [0.2, 0.25) is 11.8 Å². The van der Waals surface area contributed by atoms with Crippen molar-refractivity contribution in [3.8, 4) is 0 Å². The SMILES string of the molecule is CC[C@H](C(=O)NC)N(CCc1ccccc1)C(=O)CN(c1cc(Cl)ccc1C)S(=O)(=O)c1ccccc1. The molecule has 196 valence electrons. The summed E-state index contributed by atoms with van der Waals surface area (Å²) >= 11 is 6.24. The lowest BCUT2D eigenvalue weighted by Crippen LogP contribution is -2.52. The first-order valence-electron chi connectivity index (χ1n) is 12.1. The van der Waals surface area contributed by atoms with Crippen molar-refractivity contribution in [3.05, 3.63) is 95.0 Å².